The van der Waals surface area contributed by atoms with Crippen LogP contribution in [0.5, 0.6) is 0 Å². The average Bonchev–Trinajstić information content (AvgIpc) is 3.51. The van der Waals surface area contributed by atoms with Gasteiger partial charge in [-0.3, -0.25) is 9.69 Å². The summed E-state index contributed by atoms with van der Waals surface area (Å²) in [7, 11) is 0. The first kappa shape index (κ1) is 23.9. The zero-order chi connectivity index (χ0) is 25.5. The zero-order valence-electron chi connectivity index (χ0n) is 20.5. The number of aromatic nitrogens is 1. The molecule has 37 heavy (non-hydrogen) atoms. The molecule has 1 fully saturated rings. The summed E-state index contributed by atoms with van der Waals surface area (Å²) in [5.41, 5.74) is 4.69. The SMILES string of the molecule is CC(=O)C1=NN(c2ccc(Cl)cc2)C(c2c[nH]c3ccccc23)N1c1ccc(N2CCCCC2)c(Cl)c1. The summed E-state index contributed by atoms with van der Waals surface area (Å²) in [5, 5.41) is 9.10. The molecule has 0 bridgehead atoms. The van der Waals surface area contributed by atoms with Crippen LogP contribution in [-0.2, 0) is 4.79 Å². The summed E-state index contributed by atoms with van der Waals surface area (Å²) in [5.74, 6) is 0.226. The Morgan fingerprint density at radius 1 is 0.946 bits per heavy atom. The Balaban J connectivity index is 1.50. The Bertz CT molecular complexity index is 1490. The topological polar surface area (TPSA) is 54.9 Å². The number of carbonyl (C=O) groups excluding carboxylic acids is 1. The molecule has 0 amide bonds. The fraction of sp³-hybridized carbons (Fsp3) is 0.241. The van der Waals surface area contributed by atoms with Crippen molar-refractivity contribution in [3.05, 3.63) is 88.5 Å². The van der Waals surface area contributed by atoms with Crippen LogP contribution in [0.25, 0.3) is 10.9 Å². The van der Waals surface area contributed by atoms with Crippen LogP contribution in [0.15, 0.2) is 78.0 Å². The molecule has 0 radical (unpaired) electrons. The molecule has 6 nitrogen and oxygen atoms in total. The second-order valence-electron chi connectivity index (χ2n) is 9.52. The largest absolute Gasteiger partial charge is 0.370 e. The number of nitrogens with one attached hydrogen (secondary N) is 1. The molecule has 3 aromatic carbocycles. The fourth-order valence-corrected chi connectivity index (χ4v) is 5.76. The van der Waals surface area contributed by atoms with Gasteiger partial charge in [-0.05, 0) is 67.8 Å². The van der Waals surface area contributed by atoms with Gasteiger partial charge in [-0.1, -0.05) is 41.4 Å². The molecule has 0 spiro atoms. The van der Waals surface area contributed by atoms with Gasteiger partial charge in [0.15, 0.2) is 17.8 Å². The van der Waals surface area contributed by atoms with Crippen LogP contribution >= 0.6 is 23.2 Å². The summed E-state index contributed by atoms with van der Waals surface area (Å²) < 4.78 is 0. The fourth-order valence-electron chi connectivity index (χ4n) is 5.34. The number of Topliss-reactive ketones (excluding diaryl/α,β-unsaturated/α-hetero) is 1. The number of carbonyl (C=O) groups is 1. The number of fused-ring (bicyclic) bond motifs is 1. The normalized spacial score (nSPS) is 18.0. The molecule has 188 valence electrons. The number of ketones is 1. The highest BCUT2D eigenvalue weighted by atomic mass is 35.5. The Hall–Kier alpha value is -3.48. The van der Waals surface area contributed by atoms with Gasteiger partial charge in [-0.2, -0.15) is 0 Å². The number of nitrogens with zero attached hydrogens (tertiary/aromatic N) is 4. The number of para-hydroxylation sites is 1. The number of amidine groups is 1. The summed E-state index contributed by atoms with van der Waals surface area (Å²) in [6.07, 6.45) is 5.18. The number of hydrazone groups is 1. The molecular formula is C29H27Cl2N5O. The molecule has 0 saturated carbocycles. The number of rotatable bonds is 5. The lowest BCUT2D eigenvalue weighted by atomic mass is 10.1. The first-order chi connectivity index (χ1) is 18.0. The third-order valence-electron chi connectivity index (χ3n) is 7.12. The first-order valence-electron chi connectivity index (χ1n) is 12.6. The molecule has 1 N–H and O–H groups in total. The first-order valence-corrected chi connectivity index (χ1v) is 13.3. The van der Waals surface area contributed by atoms with Crippen molar-refractivity contribution in [2.45, 2.75) is 32.4 Å². The van der Waals surface area contributed by atoms with E-state index in [9.17, 15) is 4.79 Å². The highest BCUT2D eigenvalue weighted by molar-refractivity contribution is 6.44. The van der Waals surface area contributed by atoms with Crippen molar-refractivity contribution in [3.63, 3.8) is 0 Å². The highest BCUT2D eigenvalue weighted by Crippen LogP contribution is 2.43. The van der Waals surface area contributed by atoms with E-state index in [-0.39, 0.29) is 5.78 Å². The average molecular weight is 532 g/mol. The van der Waals surface area contributed by atoms with Gasteiger partial charge in [0, 0.05) is 53.4 Å². The smallest absolute Gasteiger partial charge is 0.198 e. The van der Waals surface area contributed by atoms with Gasteiger partial charge >= 0.3 is 0 Å². The van der Waals surface area contributed by atoms with Crippen molar-refractivity contribution in [1.29, 1.82) is 0 Å². The van der Waals surface area contributed by atoms with Crippen LogP contribution < -0.4 is 14.8 Å². The van der Waals surface area contributed by atoms with Gasteiger partial charge in [0.05, 0.1) is 16.4 Å². The molecule has 6 rings (SSSR count). The van der Waals surface area contributed by atoms with Gasteiger partial charge in [-0.25, -0.2) is 5.01 Å². The minimum atomic E-state index is -0.409. The lowest BCUT2D eigenvalue weighted by Crippen LogP contribution is -2.38. The predicted octanol–water partition coefficient (Wildman–Crippen LogP) is 7.39. The maximum absolute atomic E-state index is 13.0. The molecule has 1 aromatic heterocycles. The van der Waals surface area contributed by atoms with Crippen molar-refractivity contribution >= 4 is 62.8 Å². The summed E-state index contributed by atoms with van der Waals surface area (Å²) >= 11 is 13.1. The van der Waals surface area contributed by atoms with Crippen LogP contribution in [0.4, 0.5) is 17.1 Å². The predicted molar refractivity (Wildman–Crippen MR) is 153 cm³/mol. The van der Waals surface area contributed by atoms with Crippen LogP contribution in [0.1, 0.15) is 37.9 Å². The number of aromatic amines is 1. The number of piperidine rings is 1. The van der Waals surface area contributed by atoms with E-state index in [2.05, 4.69) is 22.0 Å². The molecule has 2 aliphatic heterocycles. The van der Waals surface area contributed by atoms with E-state index in [1.807, 2.05) is 70.7 Å². The molecule has 3 heterocycles. The van der Waals surface area contributed by atoms with Crippen LogP contribution in [-0.4, -0.2) is 29.7 Å². The standard InChI is InChI=1S/C29H27Cl2N5O/c1-19(37)28-33-36(21-11-9-20(30)10-12-21)29(24-18-32-26-8-4-3-7-23(24)26)35(28)22-13-14-27(25(31)17-22)34-15-5-2-6-16-34/h3-4,7-14,17-18,29,32H,2,5-6,15-16H2,1H3. The van der Waals surface area contributed by atoms with Crippen LogP contribution in [0.2, 0.25) is 10.0 Å². The minimum absolute atomic E-state index is 0.127. The number of halogens is 2. The van der Waals surface area contributed by atoms with Gasteiger partial charge in [0.2, 0.25) is 0 Å². The Labute approximate surface area is 226 Å². The Morgan fingerprint density at radius 2 is 1.68 bits per heavy atom. The Morgan fingerprint density at radius 3 is 2.41 bits per heavy atom. The molecule has 0 aliphatic carbocycles. The van der Waals surface area contributed by atoms with Crippen molar-refractivity contribution in [2.24, 2.45) is 5.10 Å². The van der Waals surface area contributed by atoms with Crippen molar-refractivity contribution in [1.82, 2.24) is 4.98 Å². The van der Waals surface area contributed by atoms with E-state index in [0.717, 1.165) is 46.6 Å². The molecule has 8 heteroatoms. The van der Waals surface area contributed by atoms with E-state index < -0.39 is 6.17 Å². The van der Waals surface area contributed by atoms with Crippen molar-refractivity contribution in [3.8, 4) is 0 Å². The number of H-pyrrole nitrogens is 1. The molecule has 1 unspecified atom stereocenters. The van der Waals surface area contributed by atoms with Gasteiger partial charge < -0.3 is 9.88 Å². The van der Waals surface area contributed by atoms with E-state index in [4.69, 9.17) is 28.3 Å². The van der Waals surface area contributed by atoms with Crippen molar-refractivity contribution < 1.29 is 4.79 Å². The highest BCUT2D eigenvalue weighted by Gasteiger charge is 2.40. The van der Waals surface area contributed by atoms with E-state index >= 15 is 0 Å². The second-order valence-corrected chi connectivity index (χ2v) is 10.4. The molecule has 2 aliphatic rings. The van der Waals surface area contributed by atoms with Crippen LogP contribution in [0, 0.1) is 0 Å². The number of hydrogen-bond donors (Lipinski definition) is 1. The zero-order valence-corrected chi connectivity index (χ0v) is 22.0. The maximum atomic E-state index is 13.0. The monoisotopic (exact) mass is 531 g/mol. The number of hydrogen-bond acceptors (Lipinski definition) is 5. The Kier molecular flexibility index (Phi) is 6.31. The quantitative estimate of drug-likeness (QED) is 0.291. The minimum Gasteiger partial charge on any atom is -0.370 e. The van der Waals surface area contributed by atoms with Gasteiger partial charge in [0.25, 0.3) is 0 Å². The van der Waals surface area contributed by atoms with Crippen molar-refractivity contribution in [2.75, 3.05) is 27.9 Å². The van der Waals surface area contributed by atoms with E-state index in [1.165, 1.54) is 19.3 Å². The lowest BCUT2D eigenvalue weighted by molar-refractivity contribution is -0.111. The van der Waals surface area contributed by atoms with E-state index in [1.54, 1.807) is 6.92 Å². The van der Waals surface area contributed by atoms with E-state index in [0.29, 0.717) is 15.9 Å². The molecule has 4 aromatic rings. The maximum Gasteiger partial charge on any atom is 0.198 e. The second kappa shape index (κ2) is 9.77. The van der Waals surface area contributed by atoms with Crippen LogP contribution in [0.3, 0.4) is 0 Å². The molecule has 1 saturated heterocycles. The molecule has 1 atom stereocenters. The third-order valence-corrected chi connectivity index (χ3v) is 7.67. The third kappa shape index (κ3) is 4.34. The number of benzene rings is 3. The van der Waals surface area contributed by atoms with Gasteiger partial charge in [0.1, 0.15) is 0 Å². The summed E-state index contributed by atoms with van der Waals surface area (Å²) in [6, 6.07) is 21.7. The summed E-state index contributed by atoms with van der Waals surface area (Å²) in [6.45, 7) is 3.56. The number of anilines is 3. The molecular weight excluding hydrogens is 505 g/mol. The summed E-state index contributed by atoms with van der Waals surface area (Å²) in [4.78, 5) is 20.7. The van der Waals surface area contributed by atoms with Gasteiger partial charge in [-0.15, -0.1) is 5.10 Å². The lowest BCUT2D eigenvalue weighted by Gasteiger charge is -2.33.